The number of amides is 1. The zero-order valence-corrected chi connectivity index (χ0v) is 13.2. The van der Waals surface area contributed by atoms with Crippen molar-refractivity contribution in [2.45, 2.75) is 23.1 Å². The molecule has 0 saturated heterocycles. The summed E-state index contributed by atoms with van der Waals surface area (Å²) in [6.07, 6.45) is 3.42. The second kappa shape index (κ2) is 6.01. The van der Waals surface area contributed by atoms with Gasteiger partial charge in [-0.3, -0.25) is 4.79 Å². The van der Waals surface area contributed by atoms with Crippen molar-refractivity contribution in [2.24, 2.45) is 0 Å². The molecular formula is C18H15N3OS. The third kappa shape index (κ3) is 2.80. The van der Waals surface area contributed by atoms with Crippen LogP contribution in [0.3, 0.4) is 0 Å². The normalized spacial score (nSPS) is 17.4. The summed E-state index contributed by atoms with van der Waals surface area (Å²) < 4.78 is 0. The number of thioether (sulfide) groups is 1. The van der Waals surface area contributed by atoms with Gasteiger partial charge in [-0.1, -0.05) is 54.2 Å². The molecule has 1 aromatic heterocycles. The summed E-state index contributed by atoms with van der Waals surface area (Å²) in [5, 5.41) is 14.1. The molecule has 4 nitrogen and oxygen atoms in total. The van der Waals surface area contributed by atoms with Crippen LogP contribution in [0.25, 0.3) is 10.8 Å². The Kier molecular flexibility index (Phi) is 3.71. The van der Waals surface area contributed by atoms with Crippen LogP contribution in [0.15, 0.2) is 59.8 Å². The lowest BCUT2D eigenvalue weighted by Gasteiger charge is -2.13. The summed E-state index contributed by atoms with van der Waals surface area (Å²) in [6.45, 7) is 0. The molecule has 1 N–H and O–H groups in total. The number of hydrogen-bond donors (Lipinski definition) is 1. The molecule has 2 aromatic carbocycles. The maximum absolute atomic E-state index is 12.5. The molecule has 0 unspecified atom stereocenters. The van der Waals surface area contributed by atoms with Crippen LogP contribution in [0.1, 0.15) is 12.0 Å². The highest BCUT2D eigenvalue weighted by Gasteiger charge is 2.25. The van der Waals surface area contributed by atoms with E-state index in [-0.39, 0.29) is 11.2 Å². The van der Waals surface area contributed by atoms with Crippen molar-refractivity contribution >= 4 is 34.1 Å². The van der Waals surface area contributed by atoms with Gasteiger partial charge < -0.3 is 5.32 Å². The number of aromatic nitrogens is 2. The summed E-state index contributed by atoms with van der Waals surface area (Å²) in [5.41, 5.74) is 2.11. The molecule has 3 aromatic rings. The van der Waals surface area contributed by atoms with E-state index in [4.69, 9.17) is 0 Å². The van der Waals surface area contributed by atoms with E-state index < -0.39 is 0 Å². The monoisotopic (exact) mass is 321 g/mol. The highest BCUT2D eigenvalue weighted by atomic mass is 32.2. The number of rotatable bonds is 2. The van der Waals surface area contributed by atoms with Gasteiger partial charge in [-0.05, 0) is 24.5 Å². The molecule has 0 spiro atoms. The van der Waals surface area contributed by atoms with Gasteiger partial charge in [0.1, 0.15) is 5.03 Å². The molecule has 1 atom stereocenters. The quantitative estimate of drug-likeness (QED) is 0.782. The summed E-state index contributed by atoms with van der Waals surface area (Å²) in [6, 6.07) is 16.0. The third-order valence-corrected chi connectivity index (χ3v) is 5.29. The number of para-hydroxylation sites is 1. The lowest BCUT2D eigenvalue weighted by Crippen LogP contribution is -2.23. The molecule has 4 rings (SSSR count). The van der Waals surface area contributed by atoms with Gasteiger partial charge in [0.05, 0.1) is 11.4 Å². The maximum atomic E-state index is 12.5. The van der Waals surface area contributed by atoms with Gasteiger partial charge in [-0.15, -0.1) is 5.10 Å². The molecule has 0 bridgehead atoms. The molecule has 0 fully saturated rings. The highest BCUT2D eigenvalue weighted by Crippen LogP contribution is 2.33. The standard InChI is InChI=1S/C18H15N3OS/c22-17-16(10-9-12-5-2-4-8-15(12)20-17)23-18-14-7-3-1-6-13(14)11-19-21-18/h1-8,11,16H,9-10H2,(H,20,22)/t16-/m1/s1. The third-order valence-electron chi connectivity index (χ3n) is 4.03. The lowest BCUT2D eigenvalue weighted by molar-refractivity contribution is -0.115. The Morgan fingerprint density at radius 2 is 1.91 bits per heavy atom. The average Bonchev–Trinajstić information content (AvgIpc) is 2.74. The topological polar surface area (TPSA) is 54.9 Å². The minimum atomic E-state index is -0.164. The molecule has 1 aliphatic rings. The van der Waals surface area contributed by atoms with Crippen LogP contribution in [-0.4, -0.2) is 21.4 Å². The van der Waals surface area contributed by atoms with E-state index in [1.165, 1.54) is 17.3 Å². The maximum Gasteiger partial charge on any atom is 0.237 e. The van der Waals surface area contributed by atoms with Crippen LogP contribution in [0, 0.1) is 0 Å². The lowest BCUT2D eigenvalue weighted by atomic mass is 10.1. The van der Waals surface area contributed by atoms with Gasteiger partial charge >= 0.3 is 0 Å². The SMILES string of the molecule is O=C1Nc2ccccc2CC[C@H]1Sc1nncc2ccccc12. The molecule has 1 aliphatic heterocycles. The molecule has 5 heteroatoms. The zero-order chi connectivity index (χ0) is 15.6. The Labute approximate surface area is 138 Å². The van der Waals surface area contributed by atoms with E-state index in [0.717, 1.165) is 34.3 Å². The second-order valence-corrected chi connectivity index (χ2v) is 6.72. The first-order chi connectivity index (χ1) is 11.3. The average molecular weight is 321 g/mol. The number of aryl methyl sites for hydroxylation is 1. The van der Waals surface area contributed by atoms with Crippen LogP contribution in [0.5, 0.6) is 0 Å². The Hall–Kier alpha value is -2.40. The largest absolute Gasteiger partial charge is 0.325 e. The summed E-state index contributed by atoms with van der Waals surface area (Å²) in [7, 11) is 0. The van der Waals surface area contributed by atoms with E-state index in [1.807, 2.05) is 42.5 Å². The van der Waals surface area contributed by atoms with Gasteiger partial charge in [-0.2, -0.15) is 5.10 Å². The molecule has 2 heterocycles. The minimum absolute atomic E-state index is 0.0367. The van der Waals surface area contributed by atoms with Crippen molar-refractivity contribution in [3.8, 4) is 0 Å². The Balaban J connectivity index is 1.63. The smallest absolute Gasteiger partial charge is 0.237 e. The van der Waals surface area contributed by atoms with E-state index in [1.54, 1.807) is 6.20 Å². The van der Waals surface area contributed by atoms with Crippen LogP contribution in [0.2, 0.25) is 0 Å². The van der Waals surface area contributed by atoms with Crippen molar-refractivity contribution in [2.75, 3.05) is 5.32 Å². The number of anilines is 1. The number of nitrogens with one attached hydrogen (secondary N) is 1. The molecular weight excluding hydrogens is 306 g/mol. The predicted molar refractivity (Wildman–Crippen MR) is 92.6 cm³/mol. The predicted octanol–water partition coefficient (Wildman–Crippen LogP) is 3.68. The van der Waals surface area contributed by atoms with E-state index in [9.17, 15) is 4.79 Å². The van der Waals surface area contributed by atoms with Gasteiger partial charge in [0.2, 0.25) is 5.91 Å². The zero-order valence-electron chi connectivity index (χ0n) is 12.4. The molecule has 0 radical (unpaired) electrons. The fourth-order valence-electron chi connectivity index (χ4n) is 2.83. The van der Waals surface area contributed by atoms with Gasteiger partial charge in [-0.25, -0.2) is 0 Å². The number of benzene rings is 2. The fourth-order valence-corrected chi connectivity index (χ4v) is 3.91. The van der Waals surface area contributed by atoms with E-state index in [0.29, 0.717) is 0 Å². The minimum Gasteiger partial charge on any atom is -0.325 e. The molecule has 23 heavy (non-hydrogen) atoms. The summed E-state index contributed by atoms with van der Waals surface area (Å²) >= 11 is 1.50. The van der Waals surface area contributed by atoms with Crippen LogP contribution >= 0.6 is 11.8 Å². The second-order valence-electron chi connectivity index (χ2n) is 5.53. The first-order valence-electron chi connectivity index (χ1n) is 7.57. The number of carbonyl (C=O) groups excluding carboxylic acids is 1. The van der Waals surface area contributed by atoms with E-state index >= 15 is 0 Å². The van der Waals surface area contributed by atoms with E-state index in [2.05, 4.69) is 21.6 Å². The molecule has 0 aliphatic carbocycles. The Morgan fingerprint density at radius 1 is 1.09 bits per heavy atom. The molecule has 0 saturated carbocycles. The molecule has 1 amide bonds. The van der Waals surface area contributed by atoms with Crippen molar-refractivity contribution in [1.82, 2.24) is 10.2 Å². The summed E-state index contributed by atoms with van der Waals surface area (Å²) in [5.74, 6) is 0.0367. The van der Waals surface area contributed by atoms with Crippen molar-refractivity contribution in [3.63, 3.8) is 0 Å². The van der Waals surface area contributed by atoms with Crippen LogP contribution in [-0.2, 0) is 11.2 Å². The van der Waals surface area contributed by atoms with Gasteiger partial charge in [0.15, 0.2) is 0 Å². The fraction of sp³-hybridized carbons (Fsp3) is 0.167. The van der Waals surface area contributed by atoms with Crippen molar-refractivity contribution in [1.29, 1.82) is 0 Å². The Bertz CT molecular complexity index is 876. The highest BCUT2D eigenvalue weighted by molar-refractivity contribution is 8.00. The van der Waals surface area contributed by atoms with Crippen LogP contribution < -0.4 is 5.32 Å². The number of fused-ring (bicyclic) bond motifs is 2. The summed E-state index contributed by atoms with van der Waals surface area (Å²) in [4.78, 5) is 12.5. The van der Waals surface area contributed by atoms with Crippen molar-refractivity contribution in [3.05, 3.63) is 60.3 Å². The number of nitrogens with zero attached hydrogens (tertiary/aromatic N) is 2. The first-order valence-corrected chi connectivity index (χ1v) is 8.45. The molecule has 114 valence electrons. The number of hydrogen-bond acceptors (Lipinski definition) is 4. The van der Waals surface area contributed by atoms with Crippen LogP contribution in [0.4, 0.5) is 5.69 Å². The Morgan fingerprint density at radius 3 is 2.87 bits per heavy atom. The number of carbonyl (C=O) groups is 1. The van der Waals surface area contributed by atoms with Gasteiger partial charge in [0, 0.05) is 16.5 Å². The van der Waals surface area contributed by atoms with Gasteiger partial charge in [0.25, 0.3) is 0 Å². The van der Waals surface area contributed by atoms with Crippen molar-refractivity contribution < 1.29 is 4.79 Å². The first kappa shape index (κ1) is 14.2.